The molecule has 9 nitrogen and oxygen atoms in total. The van der Waals surface area contributed by atoms with Gasteiger partial charge in [0.25, 0.3) is 0 Å². The number of fused-ring (bicyclic) bond motifs is 2. The number of likely N-dealkylation sites (tertiary alicyclic amines) is 1. The van der Waals surface area contributed by atoms with Crippen LogP contribution in [0.2, 0.25) is 0 Å². The number of carbonyl (C=O) groups excluding carboxylic acids is 2. The Morgan fingerprint density at radius 1 is 1.27 bits per heavy atom. The third-order valence-electron chi connectivity index (χ3n) is 9.45. The summed E-state index contributed by atoms with van der Waals surface area (Å²) >= 11 is 0. The first-order valence-corrected chi connectivity index (χ1v) is 14.5. The molecule has 2 amide bonds. The molecular weight excluding hydrogens is 541 g/mol. The van der Waals surface area contributed by atoms with Gasteiger partial charge in [0, 0.05) is 64.8 Å². The van der Waals surface area contributed by atoms with E-state index in [1.165, 1.54) is 0 Å². The van der Waals surface area contributed by atoms with E-state index in [1.807, 2.05) is 19.0 Å². The minimum absolute atomic E-state index is 0.0212. The van der Waals surface area contributed by atoms with Crippen molar-refractivity contribution < 1.29 is 37.0 Å². The van der Waals surface area contributed by atoms with E-state index in [1.54, 1.807) is 16.9 Å². The fourth-order valence-electron chi connectivity index (χ4n) is 7.35. The maximum Gasteiger partial charge on any atom is 0.417 e. The van der Waals surface area contributed by atoms with E-state index in [2.05, 4.69) is 4.98 Å². The Hall–Kier alpha value is -2.44. The van der Waals surface area contributed by atoms with Crippen LogP contribution in [0.4, 0.5) is 18.0 Å². The lowest BCUT2D eigenvalue weighted by Crippen LogP contribution is -2.49. The molecule has 2 saturated heterocycles. The van der Waals surface area contributed by atoms with Crippen molar-refractivity contribution in [1.29, 1.82) is 0 Å². The highest BCUT2D eigenvalue weighted by atomic mass is 19.4. The number of pyridine rings is 1. The topological polar surface area (TPSA) is 84.4 Å². The van der Waals surface area contributed by atoms with Gasteiger partial charge in [0.05, 0.1) is 23.7 Å². The Labute approximate surface area is 239 Å². The summed E-state index contributed by atoms with van der Waals surface area (Å²) in [7, 11) is 5.50. The zero-order valence-corrected chi connectivity index (χ0v) is 24.1. The Kier molecular flexibility index (Phi) is 8.82. The quantitative estimate of drug-likeness (QED) is 0.487. The van der Waals surface area contributed by atoms with Gasteiger partial charge in [0.15, 0.2) is 0 Å². The number of rotatable bonds is 7. The van der Waals surface area contributed by atoms with Crippen LogP contribution in [0.1, 0.15) is 42.5 Å². The van der Waals surface area contributed by atoms with E-state index >= 15 is 0 Å². The summed E-state index contributed by atoms with van der Waals surface area (Å²) in [6, 6.07) is 1.12. The van der Waals surface area contributed by atoms with Crippen molar-refractivity contribution in [1.82, 2.24) is 19.7 Å². The fourth-order valence-corrected chi connectivity index (χ4v) is 7.35. The number of aromatic nitrogens is 1. The number of ether oxygens (including phenoxy) is 3. The van der Waals surface area contributed by atoms with Crippen molar-refractivity contribution in [3.05, 3.63) is 29.1 Å². The zero-order chi connectivity index (χ0) is 29.4. The lowest BCUT2D eigenvalue weighted by Gasteiger charge is -2.37. The summed E-state index contributed by atoms with van der Waals surface area (Å²) in [5.41, 5.74) is -0.557. The number of halogens is 3. The molecule has 0 radical (unpaired) electrons. The summed E-state index contributed by atoms with van der Waals surface area (Å²) < 4.78 is 57.0. The molecule has 4 aliphatic rings. The van der Waals surface area contributed by atoms with Crippen LogP contribution >= 0.6 is 0 Å². The number of carbonyl (C=O) groups is 2. The number of alkyl halides is 3. The van der Waals surface area contributed by atoms with Crippen molar-refractivity contribution in [2.45, 2.75) is 50.9 Å². The van der Waals surface area contributed by atoms with E-state index < -0.39 is 23.2 Å². The molecule has 0 aromatic carbocycles. The molecule has 41 heavy (non-hydrogen) atoms. The Morgan fingerprint density at radius 2 is 2.07 bits per heavy atom. The second kappa shape index (κ2) is 12.0. The smallest absolute Gasteiger partial charge is 0.417 e. The van der Waals surface area contributed by atoms with Crippen molar-refractivity contribution in [2.75, 3.05) is 67.2 Å². The summed E-state index contributed by atoms with van der Waals surface area (Å²) in [5.74, 6) is 0.507. The van der Waals surface area contributed by atoms with Gasteiger partial charge in [0.1, 0.15) is 6.61 Å². The largest absolute Gasteiger partial charge is 0.448 e. The molecule has 12 heteroatoms. The van der Waals surface area contributed by atoms with Crippen LogP contribution < -0.4 is 0 Å². The van der Waals surface area contributed by atoms with Crippen LogP contribution in [0.25, 0.3) is 0 Å². The van der Waals surface area contributed by atoms with E-state index in [0.717, 1.165) is 31.5 Å². The zero-order valence-electron chi connectivity index (χ0n) is 24.1. The Morgan fingerprint density at radius 3 is 2.80 bits per heavy atom. The van der Waals surface area contributed by atoms with E-state index in [4.69, 9.17) is 14.2 Å². The first-order chi connectivity index (χ1) is 19.5. The highest BCUT2D eigenvalue weighted by Crippen LogP contribution is 2.54. The average Bonchev–Trinajstić information content (AvgIpc) is 3.46. The molecule has 0 bridgehead atoms. The van der Waals surface area contributed by atoms with Gasteiger partial charge in [0.2, 0.25) is 5.91 Å². The molecule has 1 aromatic rings. The van der Waals surface area contributed by atoms with Crippen molar-refractivity contribution in [3.8, 4) is 0 Å². The maximum atomic E-state index is 14.4. The van der Waals surface area contributed by atoms with Crippen molar-refractivity contribution >= 4 is 12.0 Å². The summed E-state index contributed by atoms with van der Waals surface area (Å²) in [6.45, 7) is 3.30. The molecule has 1 saturated carbocycles. The average molecular weight is 583 g/mol. The summed E-state index contributed by atoms with van der Waals surface area (Å²) in [5, 5.41) is 0. The number of hydrogen-bond acceptors (Lipinski definition) is 7. The SMILES string of the molecule is COC1COCCC1C[C@@H]1C[C@H]2CN(C(=O)OCCN(C)C)C[C@@]2(C(=O)N2CCc3ncc(C(F)(F)F)cc3C2)C1. The van der Waals surface area contributed by atoms with Crippen LogP contribution in [0.15, 0.2) is 12.3 Å². The molecule has 3 fully saturated rings. The van der Waals surface area contributed by atoms with Gasteiger partial charge in [-0.05, 0) is 69.2 Å². The third-order valence-corrected chi connectivity index (χ3v) is 9.45. The van der Waals surface area contributed by atoms with E-state index in [-0.39, 0.29) is 43.5 Å². The van der Waals surface area contributed by atoms with Gasteiger partial charge in [-0.15, -0.1) is 0 Å². The van der Waals surface area contributed by atoms with Gasteiger partial charge in [-0.3, -0.25) is 9.78 Å². The molecule has 228 valence electrons. The van der Waals surface area contributed by atoms with Gasteiger partial charge >= 0.3 is 12.3 Å². The number of amides is 2. The lowest BCUT2D eigenvalue weighted by molar-refractivity contribution is -0.144. The first kappa shape index (κ1) is 30.0. The molecule has 1 aromatic heterocycles. The maximum absolute atomic E-state index is 14.4. The molecule has 5 rings (SSSR count). The van der Waals surface area contributed by atoms with E-state index in [0.29, 0.717) is 62.9 Å². The van der Waals surface area contributed by atoms with E-state index in [9.17, 15) is 22.8 Å². The molecule has 5 atom stereocenters. The normalized spacial score (nSPS) is 29.9. The number of hydrogen-bond donors (Lipinski definition) is 0. The highest BCUT2D eigenvalue weighted by molar-refractivity contribution is 5.85. The molecule has 2 unspecified atom stereocenters. The van der Waals surface area contributed by atoms with Crippen molar-refractivity contribution in [3.63, 3.8) is 0 Å². The highest BCUT2D eigenvalue weighted by Gasteiger charge is 2.60. The lowest BCUT2D eigenvalue weighted by atomic mass is 9.78. The monoisotopic (exact) mass is 582 g/mol. The summed E-state index contributed by atoms with van der Waals surface area (Å²) in [6.07, 6.45) is -0.361. The molecule has 0 N–H and O–H groups in total. The van der Waals surface area contributed by atoms with Crippen LogP contribution in [0.3, 0.4) is 0 Å². The molecule has 0 spiro atoms. The third kappa shape index (κ3) is 6.34. The molecule has 1 aliphatic carbocycles. The molecule has 4 heterocycles. The molecule has 3 aliphatic heterocycles. The standard InChI is InChI=1S/C29H41F3N4O5/c1-34(2)7-9-41-27(38)36-16-23-11-19(10-20-5-8-40-17-25(20)39-3)13-28(23,18-36)26(37)35-6-4-24-21(15-35)12-22(14-33-24)29(30,31)32/h12,14,19-20,23,25H,4-11,13,15-18H2,1-3H3/t19-,20?,23+,25?,28+/m1/s1. The molecular formula is C29H41F3N4O5. The second-order valence-electron chi connectivity index (χ2n) is 12.4. The van der Waals surface area contributed by atoms with Crippen molar-refractivity contribution in [2.24, 2.45) is 23.2 Å². The van der Waals surface area contributed by atoms with Gasteiger partial charge < -0.3 is 28.9 Å². The minimum Gasteiger partial charge on any atom is -0.448 e. The number of nitrogens with zero attached hydrogens (tertiary/aromatic N) is 4. The summed E-state index contributed by atoms with van der Waals surface area (Å²) in [4.78, 5) is 36.7. The predicted molar refractivity (Wildman–Crippen MR) is 143 cm³/mol. The first-order valence-electron chi connectivity index (χ1n) is 14.5. The van der Waals surface area contributed by atoms with Crippen LogP contribution in [0, 0.1) is 23.2 Å². The van der Waals surface area contributed by atoms with Gasteiger partial charge in [-0.2, -0.15) is 13.2 Å². The van der Waals surface area contributed by atoms with Gasteiger partial charge in [-0.1, -0.05) is 0 Å². The van der Waals surface area contributed by atoms with Crippen LogP contribution in [-0.4, -0.2) is 105 Å². The van der Waals surface area contributed by atoms with Gasteiger partial charge in [-0.25, -0.2) is 4.79 Å². The minimum atomic E-state index is -4.50. The fraction of sp³-hybridized carbons (Fsp3) is 0.759. The second-order valence-corrected chi connectivity index (χ2v) is 12.4. The number of likely N-dealkylation sites (N-methyl/N-ethyl adjacent to an activating group) is 1. The number of methoxy groups -OCH3 is 1. The Bertz CT molecular complexity index is 1120. The Balaban J connectivity index is 1.35. The van der Waals surface area contributed by atoms with Crippen LogP contribution in [0.5, 0.6) is 0 Å². The predicted octanol–water partition coefficient (Wildman–Crippen LogP) is 3.45. The van der Waals surface area contributed by atoms with Crippen LogP contribution in [-0.2, 0) is 38.1 Å².